The Bertz CT molecular complexity index is 582. The van der Waals surface area contributed by atoms with E-state index in [1.54, 1.807) is 0 Å². The van der Waals surface area contributed by atoms with Crippen LogP contribution in [0.15, 0.2) is 30.3 Å². The van der Waals surface area contributed by atoms with Gasteiger partial charge >= 0.3 is 88.8 Å². The minimum atomic E-state index is 0.640. The van der Waals surface area contributed by atoms with Gasteiger partial charge in [0.05, 0.1) is 0 Å². The summed E-state index contributed by atoms with van der Waals surface area (Å²) in [6.07, 6.45) is 6.76. The van der Waals surface area contributed by atoms with Crippen molar-refractivity contribution in [3.05, 3.63) is 45.5 Å². The summed E-state index contributed by atoms with van der Waals surface area (Å²) < 4.78 is 3.05. The normalized spacial score (nSPS) is 15.4. The molecule has 118 valence electrons. The van der Waals surface area contributed by atoms with Gasteiger partial charge in [0, 0.05) is 6.54 Å². The minimum Gasteiger partial charge on any atom is -0.326 e. The van der Waals surface area contributed by atoms with Gasteiger partial charge in [0.15, 0.2) is 0 Å². The predicted molar refractivity (Wildman–Crippen MR) is 81.0 cm³/mol. The molecule has 0 atom stereocenters. The number of benzene rings is 1. The first-order valence-corrected chi connectivity index (χ1v) is 8.66. The van der Waals surface area contributed by atoms with Crippen LogP contribution in [0.1, 0.15) is 49.4 Å². The Balaban J connectivity index is 0.000000173. The summed E-state index contributed by atoms with van der Waals surface area (Å²) in [4.78, 5) is 4.53. The van der Waals surface area contributed by atoms with Crippen molar-refractivity contribution in [3.8, 4) is 0 Å². The van der Waals surface area contributed by atoms with Gasteiger partial charge in [-0.05, 0) is 5.56 Å². The molecule has 5 heteroatoms. The molecule has 0 aliphatic heterocycles. The minimum absolute atomic E-state index is 0.640. The topological polar surface area (TPSA) is 59.6 Å². The Hall–Kier alpha value is -0.992. The van der Waals surface area contributed by atoms with Crippen molar-refractivity contribution in [1.82, 2.24) is 14.8 Å². The van der Waals surface area contributed by atoms with Gasteiger partial charge in [0.1, 0.15) is 0 Å². The average Bonchev–Trinajstić information content (AvgIpc) is 2.89. The molecule has 1 heterocycles. The van der Waals surface area contributed by atoms with Crippen LogP contribution in [0.25, 0.3) is 0 Å². The van der Waals surface area contributed by atoms with Crippen LogP contribution in [0.2, 0.25) is 0 Å². The number of rotatable bonds is 2. The molecule has 1 aliphatic rings. The molecule has 1 aromatic carbocycles. The molecule has 0 saturated heterocycles. The van der Waals surface area contributed by atoms with Crippen LogP contribution in [0.5, 0.6) is 0 Å². The molecular formula is C16H24N4Pt. The second-order valence-corrected chi connectivity index (χ2v) is 6.45. The molecule has 21 heavy (non-hydrogen) atoms. The van der Waals surface area contributed by atoms with Gasteiger partial charge in [-0.3, -0.25) is 0 Å². The number of aryl methyl sites for hydroxylation is 1. The molecule has 0 amide bonds. The SMILES string of the molecule is Cn1[nH]c(C2CCCCC2)n[c]1=[Pt].NCc1ccccc1. The Morgan fingerprint density at radius 1 is 1.24 bits per heavy atom. The first kappa shape index (κ1) is 16.4. The van der Waals surface area contributed by atoms with E-state index in [1.165, 1.54) is 43.5 Å². The van der Waals surface area contributed by atoms with E-state index in [2.05, 4.69) is 29.4 Å². The Labute approximate surface area is 137 Å². The van der Waals surface area contributed by atoms with Crippen molar-refractivity contribution >= 4 is 0 Å². The third-order valence-electron chi connectivity index (χ3n) is 3.81. The van der Waals surface area contributed by atoms with E-state index in [4.69, 9.17) is 5.73 Å². The second-order valence-electron chi connectivity index (χ2n) is 5.43. The fourth-order valence-corrected chi connectivity index (χ4v) is 2.98. The number of hydrogen-bond donors (Lipinski definition) is 2. The van der Waals surface area contributed by atoms with Crippen molar-refractivity contribution < 1.29 is 19.4 Å². The van der Waals surface area contributed by atoms with E-state index in [0.29, 0.717) is 12.5 Å². The number of aromatic amines is 1. The summed E-state index contributed by atoms with van der Waals surface area (Å²) in [5.41, 5.74) is 6.54. The van der Waals surface area contributed by atoms with Gasteiger partial charge in [0.25, 0.3) is 0 Å². The molecule has 0 bridgehead atoms. The summed E-state index contributed by atoms with van der Waals surface area (Å²) in [6.45, 7) is 0.640. The first-order valence-electron chi connectivity index (χ1n) is 7.53. The molecule has 3 rings (SSSR count). The molecule has 0 spiro atoms. The molecule has 0 radical (unpaired) electrons. The van der Waals surface area contributed by atoms with E-state index in [9.17, 15) is 0 Å². The summed E-state index contributed by atoms with van der Waals surface area (Å²) >= 11 is 2.25. The maximum Gasteiger partial charge on any atom is 0.0178 e. The second kappa shape index (κ2) is 8.45. The zero-order valence-corrected chi connectivity index (χ0v) is 14.8. The Morgan fingerprint density at radius 2 is 1.90 bits per heavy atom. The van der Waals surface area contributed by atoms with Crippen LogP contribution in [0.4, 0.5) is 0 Å². The molecule has 1 aromatic heterocycles. The number of H-pyrrole nitrogens is 1. The van der Waals surface area contributed by atoms with Gasteiger partial charge in [-0.1, -0.05) is 30.3 Å². The molecule has 2 aromatic rings. The van der Waals surface area contributed by atoms with E-state index < -0.39 is 0 Å². The van der Waals surface area contributed by atoms with Crippen LogP contribution in [0, 0.1) is 3.80 Å². The predicted octanol–water partition coefficient (Wildman–Crippen LogP) is 3.02. The van der Waals surface area contributed by atoms with Gasteiger partial charge in [-0.15, -0.1) is 0 Å². The van der Waals surface area contributed by atoms with Gasteiger partial charge in [-0.25, -0.2) is 0 Å². The summed E-state index contributed by atoms with van der Waals surface area (Å²) in [5, 5.41) is 3.31. The molecule has 0 unspecified atom stereocenters. The van der Waals surface area contributed by atoms with Crippen molar-refractivity contribution in [2.45, 2.75) is 44.6 Å². The maximum absolute atomic E-state index is 5.35. The summed E-state index contributed by atoms with van der Waals surface area (Å²) in [5.74, 6) is 1.87. The average molecular weight is 467 g/mol. The van der Waals surface area contributed by atoms with Crippen LogP contribution in [-0.4, -0.2) is 14.8 Å². The number of nitrogens with one attached hydrogen (secondary N) is 1. The van der Waals surface area contributed by atoms with Gasteiger partial charge in [-0.2, -0.15) is 0 Å². The third-order valence-corrected chi connectivity index (χ3v) is 4.83. The van der Waals surface area contributed by atoms with E-state index in [-0.39, 0.29) is 0 Å². The van der Waals surface area contributed by atoms with Crippen molar-refractivity contribution in [3.63, 3.8) is 0 Å². The van der Waals surface area contributed by atoms with Crippen molar-refractivity contribution in [1.29, 1.82) is 0 Å². The fourth-order valence-electron chi connectivity index (χ4n) is 2.58. The zero-order chi connectivity index (χ0) is 15.1. The monoisotopic (exact) mass is 467 g/mol. The molecule has 1 saturated carbocycles. The Morgan fingerprint density at radius 3 is 2.38 bits per heavy atom. The summed E-state index contributed by atoms with van der Waals surface area (Å²) in [7, 11) is 2.02. The number of aromatic nitrogens is 3. The zero-order valence-electron chi connectivity index (χ0n) is 12.5. The smallest absolute Gasteiger partial charge is 0.0178 e. The van der Waals surface area contributed by atoms with Crippen molar-refractivity contribution in [2.24, 2.45) is 12.8 Å². The number of nitrogens with zero attached hydrogens (tertiary/aromatic N) is 2. The molecule has 4 nitrogen and oxygen atoms in total. The molecule has 1 fully saturated rings. The van der Waals surface area contributed by atoms with Crippen LogP contribution < -0.4 is 5.73 Å². The largest absolute Gasteiger partial charge is 0.326 e. The van der Waals surface area contributed by atoms with Crippen LogP contribution in [-0.2, 0) is 32.9 Å². The van der Waals surface area contributed by atoms with Crippen molar-refractivity contribution in [2.75, 3.05) is 0 Å². The van der Waals surface area contributed by atoms with Crippen LogP contribution >= 0.6 is 0 Å². The molecule has 3 N–H and O–H groups in total. The Kier molecular flexibility index (Phi) is 6.59. The standard InChI is InChI=1S/C9H15N3.C7H9N.Pt/c1-12-7-10-9(11-12)8-5-3-2-4-6-8;8-6-7-4-2-1-3-5-7;/h8H,2-6H2,1H3,(H,10,11);1-5H,6,8H2;. The maximum atomic E-state index is 5.35. The van der Waals surface area contributed by atoms with Gasteiger partial charge < -0.3 is 5.73 Å². The first-order chi connectivity index (χ1) is 10.2. The fraction of sp³-hybridized carbons (Fsp3) is 0.500. The van der Waals surface area contributed by atoms with E-state index >= 15 is 0 Å². The summed E-state index contributed by atoms with van der Waals surface area (Å²) in [6, 6.07) is 9.99. The number of hydrogen-bond acceptors (Lipinski definition) is 2. The third kappa shape index (κ3) is 5.05. The van der Waals surface area contributed by atoms with E-state index in [1.807, 2.05) is 42.1 Å². The molecule has 1 aliphatic carbocycles. The number of nitrogens with two attached hydrogens (primary N) is 1. The quantitative estimate of drug-likeness (QED) is 0.714. The van der Waals surface area contributed by atoms with Gasteiger partial charge in [0.2, 0.25) is 0 Å². The van der Waals surface area contributed by atoms with E-state index in [0.717, 1.165) is 3.80 Å². The van der Waals surface area contributed by atoms with Crippen LogP contribution in [0.3, 0.4) is 0 Å². The molecular weight excluding hydrogens is 443 g/mol.